The molecule has 0 radical (unpaired) electrons. The Labute approximate surface area is 89.6 Å². The highest BCUT2D eigenvalue weighted by Crippen LogP contribution is 2.05. The molecule has 0 aliphatic heterocycles. The van der Waals surface area contributed by atoms with E-state index in [0.717, 1.165) is 12.8 Å². The lowest BCUT2D eigenvalue weighted by molar-refractivity contribution is -0.116. The van der Waals surface area contributed by atoms with Gasteiger partial charge in [-0.3, -0.25) is 9.48 Å². The van der Waals surface area contributed by atoms with Gasteiger partial charge in [0, 0.05) is 25.7 Å². The van der Waals surface area contributed by atoms with Crippen molar-refractivity contribution in [2.45, 2.75) is 32.2 Å². The van der Waals surface area contributed by atoms with Crippen molar-refractivity contribution in [3.63, 3.8) is 0 Å². The van der Waals surface area contributed by atoms with Crippen molar-refractivity contribution in [1.29, 1.82) is 0 Å². The molecule has 1 aromatic rings. The van der Waals surface area contributed by atoms with E-state index in [9.17, 15) is 4.79 Å². The first-order chi connectivity index (χ1) is 7.11. The number of rotatable bonds is 5. The van der Waals surface area contributed by atoms with Crippen LogP contribution in [-0.2, 0) is 11.8 Å². The topological polar surface area (TPSA) is 72.9 Å². The minimum absolute atomic E-state index is 0.0494. The zero-order chi connectivity index (χ0) is 11.3. The van der Waals surface area contributed by atoms with Gasteiger partial charge >= 0.3 is 0 Å². The largest absolute Gasteiger partial charge is 0.327 e. The monoisotopic (exact) mass is 210 g/mol. The van der Waals surface area contributed by atoms with Crippen molar-refractivity contribution < 1.29 is 4.79 Å². The second-order valence-electron chi connectivity index (χ2n) is 3.70. The third kappa shape index (κ3) is 4.12. The number of aromatic nitrogens is 2. The van der Waals surface area contributed by atoms with Gasteiger partial charge in [0.15, 0.2) is 0 Å². The number of nitrogens with one attached hydrogen (secondary N) is 1. The van der Waals surface area contributed by atoms with Crippen LogP contribution in [0.15, 0.2) is 12.4 Å². The summed E-state index contributed by atoms with van der Waals surface area (Å²) in [4.78, 5) is 11.5. The maximum atomic E-state index is 11.5. The number of carbonyl (C=O) groups is 1. The molecule has 5 heteroatoms. The summed E-state index contributed by atoms with van der Waals surface area (Å²) < 4.78 is 1.64. The van der Waals surface area contributed by atoms with Gasteiger partial charge in [-0.25, -0.2) is 0 Å². The van der Waals surface area contributed by atoms with Gasteiger partial charge in [0.1, 0.15) is 0 Å². The van der Waals surface area contributed by atoms with E-state index in [4.69, 9.17) is 5.73 Å². The number of aryl methyl sites for hydroxylation is 1. The Morgan fingerprint density at radius 3 is 3.00 bits per heavy atom. The fraction of sp³-hybridized carbons (Fsp3) is 0.600. The van der Waals surface area contributed by atoms with Gasteiger partial charge in [0.05, 0.1) is 11.9 Å². The van der Waals surface area contributed by atoms with Crippen LogP contribution in [0.25, 0.3) is 0 Å². The lowest BCUT2D eigenvalue weighted by Crippen LogP contribution is -2.26. The van der Waals surface area contributed by atoms with Crippen molar-refractivity contribution >= 4 is 11.6 Å². The molecule has 15 heavy (non-hydrogen) atoms. The molecule has 0 spiro atoms. The van der Waals surface area contributed by atoms with Crippen LogP contribution >= 0.6 is 0 Å². The maximum Gasteiger partial charge on any atom is 0.226 e. The van der Waals surface area contributed by atoms with E-state index in [1.54, 1.807) is 24.1 Å². The van der Waals surface area contributed by atoms with Crippen molar-refractivity contribution in [3.05, 3.63) is 12.4 Å². The average Bonchev–Trinajstić information content (AvgIpc) is 2.51. The lowest BCUT2D eigenvalue weighted by atomic mass is 10.1. The van der Waals surface area contributed by atoms with Crippen molar-refractivity contribution in [1.82, 2.24) is 9.78 Å². The van der Waals surface area contributed by atoms with Gasteiger partial charge in [0.25, 0.3) is 0 Å². The zero-order valence-electron chi connectivity index (χ0n) is 9.23. The van der Waals surface area contributed by atoms with Gasteiger partial charge in [-0.15, -0.1) is 0 Å². The van der Waals surface area contributed by atoms with Gasteiger partial charge in [0.2, 0.25) is 5.91 Å². The fourth-order valence-corrected chi connectivity index (χ4v) is 1.41. The van der Waals surface area contributed by atoms with Crippen LogP contribution in [0.2, 0.25) is 0 Å². The third-order valence-electron chi connectivity index (χ3n) is 2.10. The minimum Gasteiger partial charge on any atom is -0.327 e. The van der Waals surface area contributed by atoms with Crippen molar-refractivity contribution in [2.24, 2.45) is 12.8 Å². The number of hydrogen-bond acceptors (Lipinski definition) is 3. The molecule has 0 fully saturated rings. The molecule has 0 saturated heterocycles. The van der Waals surface area contributed by atoms with E-state index in [2.05, 4.69) is 17.3 Å². The Kier molecular flexibility index (Phi) is 4.30. The van der Waals surface area contributed by atoms with Crippen LogP contribution in [0.3, 0.4) is 0 Å². The number of anilines is 1. The predicted octanol–water partition coefficient (Wildman–Crippen LogP) is 0.876. The number of amides is 1. The zero-order valence-corrected chi connectivity index (χ0v) is 9.23. The standard InChI is InChI=1S/C10H18N4O/c1-3-4-8(11)5-10(15)13-9-6-12-14(2)7-9/h6-8H,3-5,11H2,1-2H3,(H,13,15). The molecule has 0 aromatic carbocycles. The molecule has 1 heterocycles. The minimum atomic E-state index is -0.0519. The predicted molar refractivity (Wildman–Crippen MR) is 59.3 cm³/mol. The molecule has 1 aromatic heterocycles. The van der Waals surface area contributed by atoms with E-state index < -0.39 is 0 Å². The number of nitrogens with zero attached hydrogens (tertiary/aromatic N) is 2. The van der Waals surface area contributed by atoms with Crippen LogP contribution in [0.4, 0.5) is 5.69 Å². The quantitative estimate of drug-likeness (QED) is 0.757. The van der Waals surface area contributed by atoms with E-state index in [1.807, 2.05) is 0 Å². The number of carbonyl (C=O) groups excluding carboxylic acids is 1. The molecule has 1 atom stereocenters. The lowest BCUT2D eigenvalue weighted by Gasteiger charge is -2.09. The molecular weight excluding hydrogens is 192 g/mol. The molecule has 0 aliphatic rings. The van der Waals surface area contributed by atoms with E-state index in [-0.39, 0.29) is 11.9 Å². The molecule has 84 valence electrons. The highest BCUT2D eigenvalue weighted by atomic mass is 16.1. The normalized spacial score (nSPS) is 12.5. The molecule has 1 amide bonds. The number of nitrogens with two attached hydrogens (primary N) is 1. The summed E-state index contributed by atoms with van der Waals surface area (Å²) in [6.45, 7) is 2.05. The molecule has 0 aliphatic carbocycles. The van der Waals surface area contributed by atoms with Crippen LogP contribution in [0.1, 0.15) is 26.2 Å². The first-order valence-electron chi connectivity index (χ1n) is 5.16. The Morgan fingerprint density at radius 2 is 2.47 bits per heavy atom. The molecule has 0 bridgehead atoms. The van der Waals surface area contributed by atoms with Gasteiger partial charge in [-0.1, -0.05) is 13.3 Å². The molecule has 1 unspecified atom stereocenters. The van der Waals surface area contributed by atoms with Crippen LogP contribution < -0.4 is 11.1 Å². The van der Waals surface area contributed by atoms with Gasteiger partial charge in [-0.05, 0) is 6.42 Å². The maximum absolute atomic E-state index is 11.5. The van der Waals surface area contributed by atoms with Gasteiger partial charge in [-0.2, -0.15) is 5.10 Å². The summed E-state index contributed by atoms with van der Waals surface area (Å²) in [5, 5.41) is 6.71. The molecule has 0 saturated carbocycles. The second-order valence-corrected chi connectivity index (χ2v) is 3.70. The number of hydrogen-bond donors (Lipinski definition) is 2. The summed E-state index contributed by atoms with van der Waals surface area (Å²) in [6, 6.07) is -0.0494. The second kappa shape index (κ2) is 5.50. The summed E-state index contributed by atoms with van der Waals surface area (Å²) in [7, 11) is 1.80. The highest BCUT2D eigenvalue weighted by molar-refractivity contribution is 5.90. The van der Waals surface area contributed by atoms with Crippen LogP contribution in [-0.4, -0.2) is 21.7 Å². The summed E-state index contributed by atoms with van der Waals surface area (Å²) in [5.41, 5.74) is 6.48. The van der Waals surface area contributed by atoms with E-state index >= 15 is 0 Å². The smallest absolute Gasteiger partial charge is 0.226 e. The fourth-order valence-electron chi connectivity index (χ4n) is 1.41. The molecule has 1 rings (SSSR count). The van der Waals surface area contributed by atoms with E-state index in [0.29, 0.717) is 12.1 Å². The molecular formula is C10H18N4O. The Morgan fingerprint density at radius 1 is 1.73 bits per heavy atom. The first kappa shape index (κ1) is 11.7. The summed E-state index contributed by atoms with van der Waals surface area (Å²) in [5.74, 6) is -0.0519. The van der Waals surface area contributed by atoms with E-state index in [1.165, 1.54) is 0 Å². The molecule has 3 N–H and O–H groups in total. The highest BCUT2D eigenvalue weighted by Gasteiger charge is 2.09. The van der Waals surface area contributed by atoms with Crippen LogP contribution in [0, 0.1) is 0 Å². The van der Waals surface area contributed by atoms with Crippen LogP contribution in [0.5, 0.6) is 0 Å². The Bertz CT molecular complexity index is 321. The van der Waals surface area contributed by atoms with Crippen molar-refractivity contribution in [3.8, 4) is 0 Å². The third-order valence-corrected chi connectivity index (χ3v) is 2.10. The van der Waals surface area contributed by atoms with Gasteiger partial charge < -0.3 is 11.1 Å². The average molecular weight is 210 g/mol. The first-order valence-corrected chi connectivity index (χ1v) is 5.16. The Hall–Kier alpha value is -1.36. The van der Waals surface area contributed by atoms with Crippen molar-refractivity contribution in [2.75, 3.05) is 5.32 Å². The molecule has 5 nitrogen and oxygen atoms in total. The summed E-state index contributed by atoms with van der Waals surface area (Å²) >= 11 is 0. The SMILES string of the molecule is CCCC(N)CC(=O)Nc1cnn(C)c1. The summed E-state index contributed by atoms with van der Waals surface area (Å²) in [6.07, 6.45) is 5.61. The Balaban J connectivity index is 2.36.